The average Bonchev–Trinajstić information content (AvgIpc) is 2.77. The molecule has 0 amide bonds. The largest absolute Gasteiger partial charge is 0.373 e. The Hall–Kier alpha value is -0.770. The van der Waals surface area contributed by atoms with Crippen LogP contribution in [0.2, 0.25) is 5.02 Å². The predicted molar refractivity (Wildman–Crippen MR) is 87.7 cm³/mol. The Labute approximate surface area is 127 Å². The summed E-state index contributed by atoms with van der Waals surface area (Å²) in [6.07, 6.45) is 3.43. The summed E-state index contributed by atoms with van der Waals surface area (Å²) < 4.78 is 0. The first-order valence-corrected chi connectivity index (χ1v) is 7.80. The maximum Gasteiger partial charge on any atom is 0.0459 e. The number of hydrogen-bond acceptors (Lipinski definition) is 3. The number of likely N-dealkylation sites (N-methyl/N-ethyl adjacent to an activating group) is 2. The van der Waals surface area contributed by atoms with Crippen LogP contribution < -0.4 is 10.6 Å². The van der Waals surface area contributed by atoms with E-state index in [-0.39, 0.29) is 6.04 Å². The molecule has 1 heterocycles. The number of rotatable bonds is 5. The van der Waals surface area contributed by atoms with Crippen molar-refractivity contribution in [1.82, 2.24) is 4.90 Å². The number of anilines is 1. The molecule has 2 rings (SSSR count). The van der Waals surface area contributed by atoms with Gasteiger partial charge < -0.3 is 15.5 Å². The Kier molecular flexibility index (Phi) is 5.30. The first-order chi connectivity index (χ1) is 9.47. The molecule has 1 aliphatic rings. The van der Waals surface area contributed by atoms with Crippen molar-refractivity contribution >= 4 is 17.3 Å². The van der Waals surface area contributed by atoms with Gasteiger partial charge in [0, 0.05) is 36.4 Å². The Bertz CT molecular complexity index is 447. The second-order valence-corrected chi connectivity index (χ2v) is 6.52. The van der Waals surface area contributed by atoms with Gasteiger partial charge in [-0.3, -0.25) is 0 Å². The van der Waals surface area contributed by atoms with Crippen LogP contribution >= 0.6 is 11.6 Å². The van der Waals surface area contributed by atoms with E-state index in [2.05, 4.69) is 42.1 Å². The van der Waals surface area contributed by atoms with Crippen molar-refractivity contribution in [2.45, 2.75) is 38.3 Å². The lowest BCUT2D eigenvalue weighted by Crippen LogP contribution is -2.36. The van der Waals surface area contributed by atoms with Crippen LogP contribution in [-0.4, -0.2) is 44.2 Å². The second-order valence-electron chi connectivity index (χ2n) is 6.11. The van der Waals surface area contributed by atoms with Crippen LogP contribution in [0.3, 0.4) is 0 Å². The van der Waals surface area contributed by atoms with Crippen LogP contribution in [0.5, 0.6) is 0 Å². The number of likely N-dealkylation sites (tertiary alicyclic amines) is 1. The Balaban J connectivity index is 2.03. The summed E-state index contributed by atoms with van der Waals surface area (Å²) in [6.45, 7) is 4.28. The summed E-state index contributed by atoms with van der Waals surface area (Å²) in [5.41, 5.74) is 8.16. The molecule has 1 fully saturated rings. The van der Waals surface area contributed by atoms with Gasteiger partial charge in [-0.2, -0.15) is 0 Å². The van der Waals surface area contributed by atoms with Crippen LogP contribution in [0.1, 0.15) is 25.3 Å². The first kappa shape index (κ1) is 15.6. The highest BCUT2D eigenvalue weighted by Gasteiger charge is 2.22. The molecule has 0 bridgehead atoms. The lowest BCUT2D eigenvalue weighted by atomic mass is 10.1. The third-order valence-corrected chi connectivity index (χ3v) is 4.53. The molecular weight excluding hydrogens is 270 g/mol. The first-order valence-electron chi connectivity index (χ1n) is 7.42. The number of hydrogen-bond donors (Lipinski definition) is 1. The van der Waals surface area contributed by atoms with Gasteiger partial charge in [-0.1, -0.05) is 17.7 Å². The molecule has 0 aromatic heterocycles. The molecule has 2 N–H and O–H groups in total. The highest BCUT2D eigenvalue weighted by Crippen LogP contribution is 2.25. The number of nitrogens with two attached hydrogens (primary N) is 1. The summed E-state index contributed by atoms with van der Waals surface area (Å²) >= 11 is 6.37. The molecule has 112 valence electrons. The summed E-state index contributed by atoms with van der Waals surface area (Å²) in [5.74, 6) is 0. The molecule has 0 spiro atoms. The topological polar surface area (TPSA) is 32.5 Å². The average molecular weight is 296 g/mol. The molecule has 0 radical (unpaired) electrons. The summed E-state index contributed by atoms with van der Waals surface area (Å²) in [7, 11) is 4.35. The van der Waals surface area contributed by atoms with Crippen molar-refractivity contribution in [1.29, 1.82) is 0 Å². The highest BCUT2D eigenvalue weighted by atomic mass is 35.5. The minimum absolute atomic E-state index is 0.142. The van der Waals surface area contributed by atoms with Crippen molar-refractivity contribution in [3.8, 4) is 0 Å². The minimum Gasteiger partial charge on any atom is -0.373 e. The Morgan fingerprint density at radius 2 is 2.25 bits per heavy atom. The van der Waals surface area contributed by atoms with Gasteiger partial charge in [-0.15, -0.1) is 0 Å². The fraction of sp³-hybridized carbons (Fsp3) is 0.625. The lowest BCUT2D eigenvalue weighted by molar-refractivity contribution is 0.314. The highest BCUT2D eigenvalue weighted by molar-refractivity contribution is 6.31. The molecule has 20 heavy (non-hydrogen) atoms. The second kappa shape index (κ2) is 6.79. The van der Waals surface area contributed by atoms with E-state index in [1.165, 1.54) is 25.1 Å². The van der Waals surface area contributed by atoms with Crippen LogP contribution in [-0.2, 0) is 6.42 Å². The van der Waals surface area contributed by atoms with Gasteiger partial charge >= 0.3 is 0 Å². The number of benzene rings is 1. The standard InChI is InChI=1S/C16H26ClN3/c1-12(18)9-13-6-7-14(10-16(13)17)20(3)11-15-5-4-8-19(15)2/h6-7,10,12,15H,4-5,8-9,11,18H2,1-3H3. The number of nitrogens with zero attached hydrogens (tertiary/aromatic N) is 2. The quantitative estimate of drug-likeness (QED) is 0.906. The fourth-order valence-electron chi connectivity index (χ4n) is 2.92. The molecule has 1 aromatic carbocycles. The SMILES string of the molecule is CC(N)Cc1ccc(N(C)CC2CCCN2C)cc1Cl. The lowest BCUT2D eigenvalue weighted by Gasteiger charge is -2.27. The van der Waals surface area contributed by atoms with Gasteiger partial charge in [0.05, 0.1) is 0 Å². The normalized spacial score (nSPS) is 21.1. The minimum atomic E-state index is 0.142. The molecule has 1 saturated heterocycles. The van der Waals surface area contributed by atoms with Crippen molar-refractivity contribution < 1.29 is 0 Å². The van der Waals surface area contributed by atoms with E-state index >= 15 is 0 Å². The third-order valence-electron chi connectivity index (χ3n) is 4.18. The van der Waals surface area contributed by atoms with E-state index in [0.717, 1.165) is 23.6 Å². The van der Waals surface area contributed by atoms with Crippen LogP contribution in [0.4, 0.5) is 5.69 Å². The number of halogens is 1. The van der Waals surface area contributed by atoms with Crippen molar-refractivity contribution in [2.75, 3.05) is 32.1 Å². The smallest absolute Gasteiger partial charge is 0.0459 e. The summed E-state index contributed by atoms with van der Waals surface area (Å²) in [5, 5.41) is 0.825. The molecule has 4 heteroatoms. The van der Waals surface area contributed by atoms with E-state index < -0.39 is 0 Å². The third kappa shape index (κ3) is 3.87. The molecule has 2 atom stereocenters. The maximum absolute atomic E-state index is 6.37. The van der Waals surface area contributed by atoms with Gasteiger partial charge in [0.25, 0.3) is 0 Å². The molecule has 0 aliphatic carbocycles. The maximum atomic E-state index is 6.37. The van der Waals surface area contributed by atoms with Crippen LogP contribution in [0, 0.1) is 0 Å². The van der Waals surface area contributed by atoms with E-state index in [0.29, 0.717) is 6.04 Å². The van der Waals surface area contributed by atoms with E-state index in [9.17, 15) is 0 Å². The summed E-state index contributed by atoms with van der Waals surface area (Å²) in [4.78, 5) is 4.75. The molecule has 0 saturated carbocycles. The Morgan fingerprint density at radius 3 is 2.80 bits per heavy atom. The van der Waals surface area contributed by atoms with Crippen LogP contribution in [0.25, 0.3) is 0 Å². The van der Waals surface area contributed by atoms with Crippen LogP contribution in [0.15, 0.2) is 18.2 Å². The van der Waals surface area contributed by atoms with E-state index in [4.69, 9.17) is 17.3 Å². The van der Waals surface area contributed by atoms with Gasteiger partial charge in [0.2, 0.25) is 0 Å². The molecule has 1 aliphatic heterocycles. The van der Waals surface area contributed by atoms with Crippen molar-refractivity contribution in [3.05, 3.63) is 28.8 Å². The van der Waals surface area contributed by atoms with Gasteiger partial charge in [0.15, 0.2) is 0 Å². The zero-order valence-electron chi connectivity index (χ0n) is 12.8. The van der Waals surface area contributed by atoms with Gasteiger partial charge in [-0.25, -0.2) is 0 Å². The van der Waals surface area contributed by atoms with Gasteiger partial charge in [0.1, 0.15) is 0 Å². The van der Waals surface area contributed by atoms with E-state index in [1.807, 2.05) is 6.92 Å². The van der Waals surface area contributed by atoms with Crippen molar-refractivity contribution in [3.63, 3.8) is 0 Å². The van der Waals surface area contributed by atoms with E-state index in [1.54, 1.807) is 0 Å². The van der Waals surface area contributed by atoms with Crippen molar-refractivity contribution in [2.24, 2.45) is 5.73 Å². The fourth-order valence-corrected chi connectivity index (χ4v) is 3.17. The predicted octanol–water partition coefficient (Wildman–Crippen LogP) is 2.76. The molecule has 2 unspecified atom stereocenters. The molecular formula is C16H26ClN3. The molecule has 3 nitrogen and oxygen atoms in total. The molecule has 1 aromatic rings. The monoisotopic (exact) mass is 295 g/mol. The zero-order valence-corrected chi connectivity index (χ0v) is 13.5. The summed E-state index contributed by atoms with van der Waals surface area (Å²) in [6, 6.07) is 7.12. The Morgan fingerprint density at radius 1 is 1.50 bits per heavy atom. The zero-order chi connectivity index (χ0) is 14.7. The van der Waals surface area contributed by atoms with Gasteiger partial charge in [-0.05, 0) is 57.5 Å².